The molecule has 136 valence electrons. The normalized spacial score (nSPS) is 19.1. The van der Waals surface area contributed by atoms with Gasteiger partial charge in [0.15, 0.2) is 0 Å². The van der Waals surface area contributed by atoms with E-state index in [2.05, 4.69) is 80.2 Å². The minimum atomic E-state index is 0.0919. The maximum atomic E-state index is 4.89. The lowest BCUT2D eigenvalue weighted by molar-refractivity contribution is 0.475. The summed E-state index contributed by atoms with van der Waals surface area (Å²) < 4.78 is 0. The van der Waals surface area contributed by atoms with E-state index in [0.29, 0.717) is 0 Å². The van der Waals surface area contributed by atoms with Crippen molar-refractivity contribution in [3.63, 3.8) is 0 Å². The molecule has 1 aromatic rings. The average molecular weight is 357 g/mol. The molecule has 2 nitrogen and oxygen atoms in total. The number of hydrogen-bond donors (Lipinski definition) is 0. The third-order valence-electron chi connectivity index (χ3n) is 4.68. The van der Waals surface area contributed by atoms with Gasteiger partial charge in [0.2, 0.25) is 0 Å². The van der Waals surface area contributed by atoms with Crippen LogP contribution in [0, 0.1) is 12.3 Å². The fourth-order valence-electron chi connectivity index (χ4n) is 2.73. The molecule has 25 heavy (non-hydrogen) atoms. The van der Waals surface area contributed by atoms with Gasteiger partial charge in [-0.25, -0.2) is 0 Å². The largest absolute Gasteiger partial charge is 0.268 e. The second-order valence-electron chi connectivity index (χ2n) is 8.98. The molecule has 0 aliphatic carbocycles. The summed E-state index contributed by atoms with van der Waals surface area (Å²) in [5, 5.41) is 1.05. The Morgan fingerprint density at radius 1 is 1.20 bits per heavy atom. The molecule has 1 aliphatic rings. The van der Waals surface area contributed by atoms with Crippen LogP contribution in [0.3, 0.4) is 0 Å². The van der Waals surface area contributed by atoms with Crippen molar-refractivity contribution in [3.8, 4) is 0 Å². The van der Waals surface area contributed by atoms with Crippen molar-refractivity contribution in [1.29, 1.82) is 0 Å². The zero-order valence-corrected chi connectivity index (χ0v) is 17.8. The summed E-state index contributed by atoms with van der Waals surface area (Å²) in [6, 6.07) is 6.77. The molecule has 1 aromatic carbocycles. The van der Waals surface area contributed by atoms with Crippen molar-refractivity contribution in [3.05, 3.63) is 41.5 Å². The predicted octanol–water partition coefficient (Wildman–Crippen LogP) is 6.50. The van der Waals surface area contributed by atoms with Crippen molar-refractivity contribution in [1.82, 2.24) is 0 Å². The molecule has 3 heteroatoms. The summed E-state index contributed by atoms with van der Waals surface area (Å²) in [5.41, 5.74) is 6.05. The second kappa shape index (κ2) is 7.11. The summed E-state index contributed by atoms with van der Waals surface area (Å²) in [4.78, 5) is 9.74. The standard InChI is InChI=1S/C22H32N2S/c1-14-12-17(22(7,8)9)10-11-18(14)23-16(3)20-24-19(13-25-20)15(2)21(4,5)6/h10-12,19H,2,13H2,1,3-9H3. The maximum absolute atomic E-state index is 4.89. The number of hydrogen-bond acceptors (Lipinski definition) is 3. The van der Waals surface area contributed by atoms with E-state index in [9.17, 15) is 0 Å². The van der Waals surface area contributed by atoms with Gasteiger partial charge >= 0.3 is 0 Å². The van der Waals surface area contributed by atoms with Crippen molar-refractivity contribution < 1.29 is 0 Å². The highest BCUT2D eigenvalue weighted by Crippen LogP contribution is 2.34. The zero-order valence-electron chi connectivity index (χ0n) is 17.0. The van der Waals surface area contributed by atoms with Crippen molar-refractivity contribution in [2.75, 3.05) is 5.75 Å². The van der Waals surface area contributed by atoms with Crippen LogP contribution in [0.5, 0.6) is 0 Å². The summed E-state index contributed by atoms with van der Waals surface area (Å²) >= 11 is 1.79. The van der Waals surface area contributed by atoms with Gasteiger partial charge in [0, 0.05) is 5.75 Å². The van der Waals surface area contributed by atoms with Crippen LogP contribution in [0.1, 0.15) is 59.6 Å². The van der Waals surface area contributed by atoms with Crippen LogP contribution in [0.25, 0.3) is 0 Å². The van der Waals surface area contributed by atoms with E-state index in [0.717, 1.165) is 22.2 Å². The number of nitrogens with zero attached hydrogens (tertiary/aromatic N) is 2. The molecule has 1 heterocycles. The van der Waals surface area contributed by atoms with Crippen LogP contribution in [0.4, 0.5) is 5.69 Å². The van der Waals surface area contributed by atoms with E-state index in [1.807, 2.05) is 0 Å². The first-order chi connectivity index (χ1) is 11.4. The molecule has 2 rings (SSSR count). The smallest absolute Gasteiger partial charge is 0.113 e. The van der Waals surface area contributed by atoms with Crippen molar-refractivity contribution in [2.24, 2.45) is 15.4 Å². The van der Waals surface area contributed by atoms with E-state index in [1.54, 1.807) is 11.8 Å². The lowest BCUT2D eigenvalue weighted by Gasteiger charge is -2.24. The Balaban J connectivity index is 2.24. The van der Waals surface area contributed by atoms with Gasteiger partial charge in [0.25, 0.3) is 0 Å². The molecule has 1 atom stereocenters. The Hall–Kier alpha value is -1.35. The molecule has 0 spiro atoms. The third kappa shape index (κ3) is 4.84. The predicted molar refractivity (Wildman–Crippen MR) is 115 cm³/mol. The highest BCUT2D eigenvalue weighted by atomic mass is 32.2. The fourth-order valence-corrected chi connectivity index (χ4v) is 3.77. The van der Waals surface area contributed by atoms with Gasteiger partial charge in [-0.2, -0.15) is 0 Å². The SMILES string of the molecule is C=C(C1CSC(C(C)=Nc2ccc(C(C)(C)C)cc2C)=N1)C(C)(C)C. The Labute approximate surface area is 157 Å². The molecular formula is C22H32N2S. The van der Waals surface area contributed by atoms with Crippen LogP contribution in [0.2, 0.25) is 0 Å². The van der Waals surface area contributed by atoms with Crippen LogP contribution < -0.4 is 0 Å². The maximum Gasteiger partial charge on any atom is 0.113 e. The Kier molecular flexibility index (Phi) is 5.68. The highest BCUT2D eigenvalue weighted by molar-refractivity contribution is 8.16. The number of benzene rings is 1. The molecule has 1 aliphatic heterocycles. The van der Waals surface area contributed by atoms with E-state index in [4.69, 9.17) is 9.98 Å². The quantitative estimate of drug-likeness (QED) is 0.448. The monoisotopic (exact) mass is 356 g/mol. The molecule has 0 bridgehead atoms. The molecule has 1 unspecified atom stereocenters. The van der Waals surface area contributed by atoms with E-state index in [1.165, 1.54) is 16.7 Å². The van der Waals surface area contributed by atoms with Gasteiger partial charge in [-0.05, 0) is 47.4 Å². The first-order valence-electron chi connectivity index (χ1n) is 8.96. The highest BCUT2D eigenvalue weighted by Gasteiger charge is 2.28. The fraction of sp³-hybridized carbons (Fsp3) is 0.545. The Morgan fingerprint density at radius 2 is 1.84 bits per heavy atom. The van der Waals surface area contributed by atoms with Gasteiger partial charge in [-0.1, -0.05) is 60.3 Å². The first-order valence-corrected chi connectivity index (χ1v) is 9.95. The van der Waals surface area contributed by atoms with Crippen LogP contribution in [-0.2, 0) is 5.41 Å². The average Bonchev–Trinajstić information content (AvgIpc) is 2.96. The molecule has 0 N–H and O–H groups in total. The van der Waals surface area contributed by atoms with Crippen molar-refractivity contribution >= 4 is 28.2 Å². The topological polar surface area (TPSA) is 24.7 Å². The van der Waals surface area contributed by atoms with Gasteiger partial charge in [-0.15, -0.1) is 11.8 Å². The van der Waals surface area contributed by atoms with E-state index in [-0.39, 0.29) is 16.9 Å². The molecule has 0 aromatic heterocycles. The lowest BCUT2D eigenvalue weighted by atomic mass is 9.84. The summed E-state index contributed by atoms with van der Waals surface area (Å²) in [6.07, 6.45) is 0. The number of thioether (sulfide) groups is 1. The first kappa shape index (κ1) is 20.0. The number of aryl methyl sites for hydroxylation is 1. The molecule has 0 saturated carbocycles. The Bertz CT molecular complexity index is 727. The molecule has 0 amide bonds. The molecule has 0 radical (unpaired) electrons. The number of rotatable bonds is 3. The zero-order chi connectivity index (χ0) is 19.0. The minimum absolute atomic E-state index is 0.0919. The Morgan fingerprint density at radius 3 is 2.36 bits per heavy atom. The lowest BCUT2D eigenvalue weighted by Crippen LogP contribution is -2.20. The minimum Gasteiger partial charge on any atom is -0.268 e. The van der Waals surface area contributed by atoms with Crippen molar-refractivity contribution in [2.45, 2.75) is 66.8 Å². The second-order valence-corrected chi connectivity index (χ2v) is 9.99. The van der Waals surface area contributed by atoms with Gasteiger partial charge in [0.05, 0.1) is 17.4 Å². The molecule has 0 fully saturated rings. The van der Waals surface area contributed by atoms with Gasteiger partial charge < -0.3 is 0 Å². The molecule has 0 saturated heterocycles. The van der Waals surface area contributed by atoms with E-state index < -0.39 is 0 Å². The van der Waals surface area contributed by atoms with Crippen LogP contribution >= 0.6 is 11.8 Å². The van der Waals surface area contributed by atoms with Crippen LogP contribution in [-0.4, -0.2) is 22.6 Å². The number of aliphatic imine (C=N–C) groups is 2. The van der Waals surface area contributed by atoms with Crippen LogP contribution in [0.15, 0.2) is 40.3 Å². The summed E-state index contributed by atoms with van der Waals surface area (Å²) in [7, 11) is 0. The van der Waals surface area contributed by atoms with E-state index >= 15 is 0 Å². The molecular weight excluding hydrogens is 324 g/mol. The summed E-state index contributed by atoms with van der Waals surface area (Å²) in [5.74, 6) is 0.972. The van der Waals surface area contributed by atoms with Gasteiger partial charge in [-0.3, -0.25) is 9.98 Å². The van der Waals surface area contributed by atoms with Gasteiger partial charge in [0.1, 0.15) is 5.04 Å². The third-order valence-corrected chi connectivity index (χ3v) is 5.83. The summed E-state index contributed by atoms with van der Waals surface area (Å²) in [6.45, 7) is 21.8.